The van der Waals surface area contributed by atoms with E-state index in [1.807, 2.05) is 54.6 Å². The first-order chi connectivity index (χ1) is 12.9. The Kier molecular flexibility index (Phi) is 6.08. The predicted octanol–water partition coefficient (Wildman–Crippen LogP) is 4.45. The first-order valence-corrected chi connectivity index (χ1v) is 9.08. The standard InChI is InChI=1S/C19H17F3N2O2S/c20-19(21,22)13-26-12-17(25)24(11-10-14-6-2-1-3-7-14)18-23-15-8-4-5-9-16(15)27-18/h1-9H,10-13H2. The van der Waals surface area contributed by atoms with Gasteiger partial charge in [-0.1, -0.05) is 53.8 Å². The molecular formula is C19H17F3N2O2S. The molecule has 0 aliphatic heterocycles. The van der Waals surface area contributed by atoms with E-state index in [0.29, 0.717) is 18.1 Å². The van der Waals surface area contributed by atoms with Gasteiger partial charge in [0.2, 0.25) is 0 Å². The molecule has 3 aromatic rings. The summed E-state index contributed by atoms with van der Waals surface area (Å²) in [5, 5.41) is 0.452. The molecule has 1 heterocycles. The smallest absolute Gasteiger partial charge is 0.362 e. The highest BCUT2D eigenvalue weighted by molar-refractivity contribution is 7.22. The summed E-state index contributed by atoms with van der Waals surface area (Å²) in [7, 11) is 0. The molecule has 27 heavy (non-hydrogen) atoms. The number of halogens is 3. The van der Waals surface area contributed by atoms with Crippen molar-refractivity contribution in [1.82, 2.24) is 4.98 Å². The minimum absolute atomic E-state index is 0.304. The zero-order valence-electron chi connectivity index (χ0n) is 14.3. The van der Waals surface area contributed by atoms with Gasteiger partial charge in [0, 0.05) is 6.54 Å². The van der Waals surface area contributed by atoms with Gasteiger partial charge in [0.1, 0.15) is 13.2 Å². The van der Waals surface area contributed by atoms with Gasteiger partial charge >= 0.3 is 6.18 Å². The molecule has 0 unspecified atom stereocenters. The van der Waals surface area contributed by atoms with Crippen LogP contribution in [0, 0.1) is 0 Å². The molecule has 0 saturated heterocycles. The molecule has 1 aromatic heterocycles. The third-order valence-corrected chi connectivity index (χ3v) is 4.83. The van der Waals surface area contributed by atoms with Gasteiger partial charge in [0.25, 0.3) is 5.91 Å². The number of aromatic nitrogens is 1. The van der Waals surface area contributed by atoms with E-state index in [0.717, 1.165) is 15.8 Å². The van der Waals surface area contributed by atoms with Crippen molar-refractivity contribution >= 4 is 32.6 Å². The number of anilines is 1. The Bertz CT molecular complexity index is 864. The van der Waals surface area contributed by atoms with Gasteiger partial charge in [-0.15, -0.1) is 0 Å². The van der Waals surface area contributed by atoms with Gasteiger partial charge in [-0.25, -0.2) is 4.98 Å². The van der Waals surface area contributed by atoms with E-state index in [1.54, 1.807) is 0 Å². The second-order valence-corrected chi connectivity index (χ2v) is 6.86. The van der Waals surface area contributed by atoms with Crippen molar-refractivity contribution in [2.45, 2.75) is 12.6 Å². The van der Waals surface area contributed by atoms with E-state index >= 15 is 0 Å². The highest BCUT2D eigenvalue weighted by atomic mass is 32.1. The van der Waals surface area contributed by atoms with E-state index in [1.165, 1.54) is 16.2 Å². The summed E-state index contributed by atoms with van der Waals surface area (Å²) in [6.07, 6.45) is -3.91. The SMILES string of the molecule is O=C(COCC(F)(F)F)N(CCc1ccccc1)c1nc2ccccc2s1. The topological polar surface area (TPSA) is 42.4 Å². The van der Waals surface area contributed by atoms with Crippen molar-refractivity contribution in [3.8, 4) is 0 Å². The quantitative estimate of drug-likeness (QED) is 0.595. The van der Waals surface area contributed by atoms with Crippen LogP contribution in [-0.4, -0.2) is 36.8 Å². The lowest BCUT2D eigenvalue weighted by molar-refractivity contribution is -0.175. The predicted molar refractivity (Wildman–Crippen MR) is 99.0 cm³/mol. The summed E-state index contributed by atoms with van der Waals surface area (Å²) in [4.78, 5) is 18.4. The zero-order valence-corrected chi connectivity index (χ0v) is 15.1. The van der Waals surface area contributed by atoms with E-state index in [4.69, 9.17) is 0 Å². The molecular weight excluding hydrogens is 377 g/mol. The maximum absolute atomic E-state index is 12.5. The Morgan fingerprint density at radius 2 is 1.78 bits per heavy atom. The number of nitrogens with zero attached hydrogens (tertiary/aromatic N) is 2. The van der Waals surface area contributed by atoms with Gasteiger partial charge in [-0.2, -0.15) is 13.2 Å². The van der Waals surface area contributed by atoms with E-state index < -0.39 is 25.3 Å². The highest BCUT2D eigenvalue weighted by Gasteiger charge is 2.29. The Morgan fingerprint density at radius 1 is 1.07 bits per heavy atom. The fourth-order valence-electron chi connectivity index (χ4n) is 2.52. The maximum atomic E-state index is 12.5. The van der Waals surface area contributed by atoms with Crippen molar-refractivity contribution in [2.24, 2.45) is 0 Å². The summed E-state index contributed by atoms with van der Waals surface area (Å²) in [5.41, 5.74) is 1.76. The molecule has 1 amide bonds. The lowest BCUT2D eigenvalue weighted by Crippen LogP contribution is -2.36. The molecule has 2 aromatic carbocycles. The number of thiazole rings is 1. The van der Waals surface area contributed by atoms with Crippen LogP contribution in [0.25, 0.3) is 10.2 Å². The Balaban J connectivity index is 1.76. The number of benzene rings is 2. The van der Waals surface area contributed by atoms with E-state index in [2.05, 4.69) is 9.72 Å². The number of hydrogen-bond acceptors (Lipinski definition) is 4. The molecule has 0 N–H and O–H groups in total. The number of para-hydroxylation sites is 1. The number of carbonyl (C=O) groups is 1. The second-order valence-electron chi connectivity index (χ2n) is 5.85. The van der Waals surface area contributed by atoms with Crippen LogP contribution in [0.5, 0.6) is 0 Å². The first-order valence-electron chi connectivity index (χ1n) is 8.27. The molecule has 4 nitrogen and oxygen atoms in total. The zero-order chi connectivity index (χ0) is 19.3. The van der Waals surface area contributed by atoms with Crippen LogP contribution in [0.3, 0.4) is 0 Å². The number of hydrogen-bond donors (Lipinski definition) is 0. The Hall–Kier alpha value is -2.45. The molecule has 0 atom stereocenters. The van der Waals surface area contributed by atoms with Crippen molar-refractivity contribution in [3.05, 3.63) is 60.2 Å². The van der Waals surface area contributed by atoms with Crippen LogP contribution in [0.2, 0.25) is 0 Å². The molecule has 0 fully saturated rings. The molecule has 0 spiro atoms. The monoisotopic (exact) mass is 394 g/mol. The molecule has 0 aliphatic carbocycles. The molecule has 8 heteroatoms. The van der Waals surface area contributed by atoms with Crippen LogP contribution in [0.4, 0.5) is 18.3 Å². The normalized spacial score (nSPS) is 11.7. The van der Waals surface area contributed by atoms with Crippen molar-refractivity contribution in [2.75, 3.05) is 24.7 Å². The number of amides is 1. The van der Waals surface area contributed by atoms with Crippen LogP contribution >= 0.6 is 11.3 Å². The van der Waals surface area contributed by atoms with Gasteiger partial charge in [-0.05, 0) is 24.1 Å². The third-order valence-electron chi connectivity index (χ3n) is 3.77. The lowest BCUT2D eigenvalue weighted by Gasteiger charge is -2.20. The van der Waals surface area contributed by atoms with E-state index in [9.17, 15) is 18.0 Å². The molecule has 0 aliphatic rings. The number of alkyl halides is 3. The maximum Gasteiger partial charge on any atom is 0.411 e. The first kappa shape index (κ1) is 19.3. The van der Waals surface area contributed by atoms with Gasteiger partial charge in [0.15, 0.2) is 5.13 Å². The summed E-state index contributed by atoms with van der Waals surface area (Å²) < 4.78 is 42.3. The average molecular weight is 394 g/mol. The second kappa shape index (κ2) is 8.49. The Labute approximate surface area is 158 Å². The molecule has 0 radical (unpaired) electrons. The number of fused-ring (bicyclic) bond motifs is 1. The molecule has 0 saturated carbocycles. The van der Waals surface area contributed by atoms with E-state index in [-0.39, 0.29) is 0 Å². The van der Waals surface area contributed by atoms with Crippen LogP contribution < -0.4 is 4.90 Å². The van der Waals surface area contributed by atoms with Gasteiger partial charge in [-0.3, -0.25) is 9.69 Å². The summed E-state index contributed by atoms with van der Waals surface area (Å²) in [6, 6.07) is 17.0. The van der Waals surface area contributed by atoms with Crippen molar-refractivity contribution in [1.29, 1.82) is 0 Å². The minimum atomic E-state index is -4.47. The summed E-state index contributed by atoms with van der Waals surface area (Å²) in [5.74, 6) is -0.547. The van der Waals surface area contributed by atoms with Crippen LogP contribution in [0.1, 0.15) is 5.56 Å². The largest absolute Gasteiger partial charge is 0.411 e. The Morgan fingerprint density at radius 3 is 2.48 bits per heavy atom. The number of ether oxygens (including phenoxy) is 1. The summed E-state index contributed by atoms with van der Waals surface area (Å²) in [6.45, 7) is -1.80. The van der Waals surface area contributed by atoms with Gasteiger partial charge in [0.05, 0.1) is 10.2 Å². The fourth-order valence-corrected chi connectivity index (χ4v) is 3.53. The number of carbonyl (C=O) groups excluding carboxylic acids is 1. The molecule has 142 valence electrons. The van der Waals surface area contributed by atoms with Crippen molar-refractivity contribution in [3.63, 3.8) is 0 Å². The highest BCUT2D eigenvalue weighted by Crippen LogP contribution is 2.29. The lowest BCUT2D eigenvalue weighted by atomic mass is 10.1. The van der Waals surface area contributed by atoms with Crippen molar-refractivity contribution < 1.29 is 22.7 Å². The fraction of sp³-hybridized carbons (Fsp3) is 0.263. The molecule has 0 bridgehead atoms. The molecule has 3 rings (SSSR count). The van der Waals surface area contributed by atoms with Crippen LogP contribution in [-0.2, 0) is 16.0 Å². The third kappa shape index (κ3) is 5.51. The van der Waals surface area contributed by atoms with Gasteiger partial charge < -0.3 is 4.74 Å². The average Bonchev–Trinajstić information content (AvgIpc) is 3.05. The van der Waals surface area contributed by atoms with Crippen LogP contribution in [0.15, 0.2) is 54.6 Å². The number of rotatable bonds is 7. The minimum Gasteiger partial charge on any atom is -0.362 e. The summed E-state index contributed by atoms with van der Waals surface area (Å²) >= 11 is 1.32.